The molecule has 0 fully saturated rings. The maximum atomic E-state index is 4.93. The van der Waals surface area contributed by atoms with Crippen molar-refractivity contribution in [3.8, 4) is 33.4 Å². The van der Waals surface area contributed by atoms with Gasteiger partial charge in [-0.05, 0) is 22.1 Å². The number of fused-ring (bicyclic) bond motifs is 4. The van der Waals surface area contributed by atoms with Crippen molar-refractivity contribution in [1.82, 2.24) is 0 Å². The molecule has 0 aliphatic carbocycles. The van der Waals surface area contributed by atoms with Crippen molar-refractivity contribution >= 4 is 74.2 Å². The molecule has 1 aliphatic rings. The van der Waals surface area contributed by atoms with E-state index in [4.69, 9.17) is 17.0 Å². The Balaban J connectivity index is 0.000000239. The topological polar surface area (TPSA) is 0 Å². The molecule has 6 heteroatoms. The molecule has 1 heterocycles. The molecule has 248 valence electrons. The van der Waals surface area contributed by atoms with Gasteiger partial charge in [0.25, 0.3) is 0 Å². The first kappa shape index (κ1) is 38.1. The van der Waals surface area contributed by atoms with E-state index in [1.165, 1.54) is 60.1 Å². The molecule has 0 aromatic heterocycles. The Labute approximate surface area is 318 Å². The summed E-state index contributed by atoms with van der Waals surface area (Å²) in [5.74, 6) is 0. The smallest absolute Gasteiger partial charge is 0.0920 e. The van der Waals surface area contributed by atoms with Crippen LogP contribution in [0.2, 0.25) is 39.3 Å². The Morgan fingerprint density at radius 1 is 0.653 bits per heavy atom. The molecule has 6 aromatic carbocycles. The van der Waals surface area contributed by atoms with Crippen LogP contribution in [0.15, 0.2) is 115 Å². The quantitative estimate of drug-likeness (QED) is 0.123. The fourth-order valence-electron chi connectivity index (χ4n) is 6.25. The van der Waals surface area contributed by atoms with E-state index in [0.29, 0.717) is 0 Å². The minimum absolute atomic E-state index is 0.132. The van der Waals surface area contributed by atoms with Crippen LogP contribution in [0, 0.1) is 6.07 Å². The minimum atomic E-state index is -1.47. The first-order valence-corrected chi connectivity index (χ1v) is 31.2. The second-order valence-electron chi connectivity index (χ2n) is 15.9. The zero-order valence-corrected chi connectivity index (χ0v) is 37.2. The van der Waals surface area contributed by atoms with Crippen LogP contribution in [0.1, 0.15) is 26.3 Å². The third kappa shape index (κ3) is 9.01. The summed E-state index contributed by atoms with van der Waals surface area (Å²) in [6, 6.07) is 46.2. The Morgan fingerprint density at radius 2 is 1.24 bits per heavy atom. The second kappa shape index (κ2) is 15.6. The van der Waals surface area contributed by atoms with Crippen LogP contribution in [0.25, 0.3) is 44.2 Å². The van der Waals surface area contributed by atoms with Gasteiger partial charge in [0.1, 0.15) is 0 Å². The monoisotopic (exact) mass is 806 g/mol. The van der Waals surface area contributed by atoms with Gasteiger partial charge in [-0.15, -0.1) is 34.0 Å². The third-order valence-corrected chi connectivity index (χ3v) is 14.5. The molecule has 2 radical (unpaired) electrons. The SMILES string of the molecule is CC(C)(C)c1cc2c(-c3cc([Si](C)(C)C)cc([Si](C)(C)C)c3)c(-c3ccccc3)ccc2[cH-]1.[Cl][Zr+2][Cl].[c-]1cccc2c1[Si]c1ccccc1-2. The van der Waals surface area contributed by atoms with E-state index in [9.17, 15) is 0 Å². The van der Waals surface area contributed by atoms with Gasteiger partial charge in [-0.25, -0.2) is 0 Å². The fourth-order valence-corrected chi connectivity index (χ4v) is 10.1. The molecule has 0 bridgehead atoms. The predicted octanol–water partition coefficient (Wildman–Crippen LogP) is 10.8. The summed E-state index contributed by atoms with van der Waals surface area (Å²) in [7, 11) is 7.71. The van der Waals surface area contributed by atoms with Gasteiger partial charge in [-0.3, -0.25) is 0 Å². The molecule has 0 amide bonds. The average Bonchev–Trinajstić information content (AvgIpc) is 3.67. The molecule has 0 atom stereocenters. The largest absolute Gasteiger partial charge is 0.184 e. The number of hydrogen-bond donors (Lipinski definition) is 0. The van der Waals surface area contributed by atoms with Crippen LogP contribution in [0.3, 0.4) is 0 Å². The van der Waals surface area contributed by atoms with Gasteiger partial charge in [0.2, 0.25) is 0 Å². The number of hydrogen-bond acceptors (Lipinski definition) is 0. The van der Waals surface area contributed by atoms with E-state index in [-0.39, 0.29) is 5.41 Å². The van der Waals surface area contributed by atoms with Gasteiger partial charge in [0.15, 0.2) is 0 Å². The van der Waals surface area contributed by atoms with E-state index >= 15 is 0 Å². The van der Waals surface area contributed by atoms with Crippen molar-refractivity contribution in [2.75, 3.05) is 0 Å². The summed E-state index contributed by atoms with van der Waals surface area (Å²) >= 11 is -0.826. The first-order chi connectivity index (χ1) is 23.1. The fraction of sp³-hybridized carbons (Fsp3) is 0.233. The first-order valence-electron chi connectivity index (χ1n) is 16.9. The summed E-state index contributed by atoms with van der Waals surface area (Å²) in [6.07, 6.45) is 0. The molecule has 1 aliphatic heterocycles. The Hall–Kier alpha value is -2.18. The van der Waals surface area contributed by atoms with Gasteiger partial charge in [0.05, 0.1) is 25.7 Å². The van der Waals surface area contributed by atoms with E-state index in [0.717, 1.165) is 9.52 Å². The van der Waals surface area contributed by atoms with Crippen molar-refractivity contribution in [3.63, 3.8) is 0 Å². The molecular formula is C43H46Cl2Si3Zr. The summed E-state index contributed by atoms with van der Waals surface area (Å²) in [5.41, 5.74) is 9.73. The van der Waals surface area contributed by atoms with E-state index < -0.39 is 37.0 Å². The molecule has 0 spiro atoms. The third-order valence-electron chi connectivity index (χ3n) is 9.13. The normalized spacial score (nSPS) is 12.2. The number of rotatable bonds is 4. The Morgan fingerprint density at radius 3 is 1.86 bits per heavy atom. The molecule has 0 saturated heterocycles. The van der Waals surface area contributed by atoms with Crippen LogP contribution in [-0.4, -0.2) is 25.7 Å². The van der Waals surface area contributed by atoms with Crippen LogP contribution < -0.4 is 20.7 Å². The molecule has 0 N–H and O–H groups in total. The summed E-state index contributed by atoms with van der Waals surface area (Å²) in [4.78, 5) is 0. The van der Waals surface area contributed by atoms with Crippen LogP contribution in [0.5, 0.6) is 0 Å². The zero-order valence-electron chi connectivity index (χ0n) is 30.2. The van der Waals surface area contributed by atoms with Crippen LogP contribution in [-0.2, 0) is 26.3 Å². The van der Waals surface area contributed by atoms with Gasteiger partial charge in [-0.1, -0.05) is 166 Å². The zero-order chi connectivity index (χ0) is 35.6. The molecule has 6 aromatic rings. The van der Waals surface area contributed by atoms with E-state index in [2.05, 4.69) is 175 Å². The molecular weight excluding hydrogens is 763 g/mol. The predicted molar refractivity (Wildman–Crippen MR) is 223 cm³/mol. The molecule has 7 rings (SSSR count). The standard InChI is InChI=1S/C31H39Si2.C12H7Si.2ClH.Zr/c1-31(2,3)25-17-23-15-16-28(22-13-11-10-12-14-22)30(29(23)20-25)24-18-26(32(4,5)6)21-27(19-24)33(7,8)9;1-3-7-11-9(5-1)10-6-2-4-8-12(10)13-11;;;/h10-21H,1-9H3;1-7H;2*1H;/q2*-1;;;+4/p-2. The van der Waals surface area contributed by atoms with E-state index in [1.807, 2.05) is 6.07 Å². The Kier molecular flexibility index (Phi) is 12.1. The van der Waals surface area contributed by atoms with E-state index in [1.54, 1.807) is 10.4 Å². The van der Waals surface area contributed by atoms with Gasteiger partial charge >= 0.3 is 37.9 Å². The maximum Gasteiger partial charge on any atom is 0.0920 e. The van der Waals surface area contributed by atoms with Crippen molar-refractivity contribution in [1.29, 1.82) is 0 Å². The molecule has 0 unspecified atom stereocenters. The summed E-state index contributed by atoms with van der Waals surface area (Å²) < 4.78 is 0. The van der Waals surface area contributed by atoms with Crippen molar-refractivity contribution in [3.05, 3.63) is 127 Å². The minimum Gasteiger partial charge on any atom is -0.184 e. The van der Waals surface area contributed by atoms with Crippen LogP contribution >= 0.6 is 17.0 Å². The second-order valence-corrected chi connectivity index (χ2v) is 31.0. The average molecular weight is 809 g/mol. The van der Waals surface area contributed by atoms with Gasteiger partial charge in [-0.2, -0.15) is 35.5 Å². The van der Waals surface area contributed by atoms with Crippen LogP contribution in [0.4, 0.5) is 0 Å². The van der Waals surface area contributed by atoms with Crippen molar-refractivity contribution < 1.29 is 20.8 Å². The van der Waals surface area contributed by atoms with Crippen molar-refractivity contribution in [2.24, 2.45) is 0 Å². The summed E-state index contributed by atoms with van der Waals surface area (Å²) in [6.45, 7) is 21.8. The Bertz CT molecular complexity index is 1970. The summed E-state index contributed by atoms with van der Waals surface area (Å²) in [5, 5.41) is 8.69. The van der Waals surface area contributed by atoms with Gasteiger partial charge in [0, 0.05) is 0 Å². The van der Waals surface area contributed by atoms with Gasteiger partial charge < -0.3 is 0 Å². The molecule has 49 heavy (non-hydrogen) atoms. The van der Waals surface area contributed by atoms with Crippen molar-refractivity contribution in [2.45, 2.75) is 65.5 Å². The maximum absolute atomic E-state index is 4.93. The molecule has 0 saturated carbocycles. The molecule has 0 nitrogen and oxygen atoms in total. The number of benzene rings is 5. The number of halogens is 2.